The van der Waals surface area contributed by atoms with Crippen LogP contribution in [0, 0.1) is 6.92 Å². The third-order valence-electron chi connectivity index (χ3n) is 4.44. The maximum Gasteiger partial charge on any atom is 0.0880 e. The van der Waals surface area contributed by atoms with E-state index in [4.69, 9.17) is 0 Å². The van der Waals surface area contributed by atoms with Crippen molar-refractivity contribution in [2.75, 3.05) is 0 Å². The molecule has 0 aliphatic rings. The number of aryl methyl sites for hydroxylation is 1. The Morgan fingerprint density at radius 2 is 1.77 bits per heavy atom. The van der Waals surface area contributed by atoms with Crippen LogP contribution < -0.4 is 0 Å². The van der Waals surface area contributed by atoms with Gasteiger partial charge in [0.15, 0.2) is 0 Å². The summed E-state index contributed by atoms with van der Waals surface area (Å²) in [5.74, 6) is 0.392. The average Bonchev–Trinajstić information content (AvgIpc) is 2.44. The monoisotopic (exact) mass is 304 g/mol. The molecule has 0 aromatic heterocycles. The zero-order chi connectivity index (χ0) is 16.8. The second kappa shape index (κ2) is 8.50. The van der Waals surface area contributed by atoms with Gasteiger partial charge in [0.05, 0.1) is 11.7 Å². The van der Waals surface area contributed by atoms with Gasteiger partial charge in [0.25, 0.3) is 0 Å². The molecule has 0 spiro atoms. The first-order valence-electron chi connectivity index (χ1n) is 8.32. The van der Waals surface area contributed by atoms with Crippen molar-refractivity contribution in [2.24, 2.45) is 0 Å². The highest BCUT2D eigenvalue weighted by molar-refractivity contribution is 5.24. The van der Waals surface area contributed by atoms with Crippen LogP contribution in [0.3, 0.4) is 0 Å². The van der Waals surface area contributed by atoms with Gasteiger partial charge in [0.1, 0.15) is 0 Å². The van der Waals surface area contributed by atoms with Gasteiger partial charge in [-0.2, -0.15) is 0 Å². The van der Waals surface area contributed by atoms with Gasteiger partial charge in [-0.15, -0.1) is 0 Å². The molecule has 1 rings (SSSR count). The Balaban J connectivity index is 2.48. The van der Waals surface area contributed by atoms with Gasteiger partial charge in [-0.1, -0.05) is 48.4 Å². The SMILES string of the molecule is CC(C)=CCC[C@@](C)(O)[C@@H](O)CC[C@@H](C)c1ccc(C)cc1. The van der Waals surface area contributed by atoms with Crippen LogP contribution in [-0.4, -0.2) is 21.9 Å². The molecule has 1 aromatic carbocycles. The fourth-order valence-electron chi connectivity index (χ4n) is 2.60. The number of benzene rings is 1. The van der Waals surface area contributed by atoms with Crippen molar-refractivity contribution in [3.63, 3.8) is 0 Å². The van der Waals surface area contributed by atoms with E-state index in [1.54, 1.807) is 6.92 Å². The van der Waals surface area contributed by atoms with Crippen LogP contribution in [0.1, 0.15) is 70.4 Å². The Bertz CT molecular complexity index is 467. The highest BCUT2D eigenvalue weighted by Gasteiger charge is 2.29. The van der Waals surface area contributed by atoms with Crippen molar-refractivity contribution in [3.8, 4) is 0 Å². The first-order chi connectivity index (χ1) is 10.2. The second-order valence-corrected chi connectivity index (χ2v) is 7.08. The van der Waals surface area contributed by atoms with E-state index in [9.17, 15) is 10.2 Å². The van der Waals surface area contributed by atoms with Gasteiger partial charge in [-0.05, 0) is 64.9 Å². The fraction of sp³-hybridized carbons (Fsp3) is 0.600. The maximum atomic E-state index is 10.4. The number of allylic oxidation sites excluding steroid dienone is 2. The van der Waals surface area contributed by atoms with E-state index in [-0.39, 0.29) is 0 Å². The van der Waals surface area contributed by atoms with Crippen LogP contribution in [0.4, 0.5) is 0 Å². The largest absolute Gasteiger partial charge is 0.390 e. The minimum Gasteiger partial charge on any atom is -0.390 e. The molecular formula is C20H32O2. The normalized spacial score (nSPS) is 16.7. The van der Waals surface area contributed by atoms with Gasteiger partial charge in [0.2, 0.25) is 0 Å². The molecule has 0 heterocycles. The Labute approximate surface area is 135 Å². The number of aliphatic hydroxyl groups is 2. The lowest BCUT2D eigenvalue weighted by Gasteiger charge is -2.29. The molecule has 124 valence electrons. The molecule has 1 aromatic rings. The van der Waals surface area contributed by atoms with E-state index in [1.807, 2.05) is 13.8 Å². The summed E-state index contributed by atoms with van der Waals surface area (Å²) in [6, 6.07) is 8.55. The Hall–Kier alpha value is -1.12. The third-order valence-corrected chi connectivity index (χ3v) is 4.44. The molecule has 2 heteroatoms. The minimum atomic E-state index is -1.01. The number of aliphatic hydroxyl groups excluding tert-OH is 1. The summed E-state index contributed by atoms with van der Waals surface area (Å²) in [6.45, 7) is 10.1. The summed E-state index contributed by atoms with van der Waals surface area (Å²) in [4.78, 5) is 0. The van der Waals surface area contributed by atoms with Gasteiger partial charge in [-0.3, -0.25) is 0 Å². The van der Waals surface area contributed by atoms with Gasteiger partial charge >= 0.3 is 0 Å². The molecule has 3 atom stereocenters. The zero-order valence-corrected chi connectivity index (χ0v) is 14.8. The lowest BCUT2D eigenvalue weighted by atomic mass is 9.86. The Kier molecular flexibility index (Phi) is 7.31. The minimum absolute atomic E-state index is 0.392. The maximum absolute atomic E-state index is 10.4. The molecule has 2 nitrogen and oxygen atoms in total. The van der Waals surface area contributed by atoms with E-state index in [2.05, 4.69) is 44.2 Å². The van der Waals surface area contributed by atoms with E-state index in [0.29, 0.717) is 18.8 Å². The average molecular weight is 304 g/mol. The third kappa shape index (κ3) is 6.33. The predicted octanol–water partition coefficient (Wildman–Crippen LogP) is 4.74. The van der Waals surface area contributed by atoms with E-state index >= 15 is 0 Å². The molecule has 0 bridgehead atoms. The molecular weight excluding hydrogens is 272 g/mol. The summed E-state index contributed by atoms with van der Waals surface area (Å²) < 4.78 is 0. The van der Waals surface area contributed by atoms with E-state index < -0.39 is 11.7 Å². The smallest absolute Gasteiger partial charge is 0.0880 e. The number of rotatable bonds is 8. The standard InChI is InChI=1S/C20H32O2/c1-15(2)7-6-14-20(5,22)19(21)13-10-17(4)18-11-8-16(3)9-12-18/h7-9,11-12,17,19,21-22H,6,10,13-14H2,1-5H3/t17-,19+,20-/m1/s1. The van der Waals surface area contributed by atoms with Gasteiger partial charge in [-0.25, -0.2) is 0 Å². The number of hydrogen-bond donors (Lipinski definition) is 2. The van der Waals surface area contributed by atoms with Crippen LogP contribution in [-0.2, 0) is 0 Å². The van der Waals surface area contributed by atoms with Crippen LogP contribution in [0.25, 0.3) is 0 Å². The van der Waals surface area contributed by atoms with E-state index in [0.717, 1.165) is 12.8 Å². The van der Waals surface area contributed by atoms with Crippen molar-refractivity contribution in [1.29, 1.82) is 0 Å². The van der Waals surface area contributed by atoms with Crippen molar-refractivity contribution in [1.82, 2.24) is 0 Å². The lowest BCUT2D eigenvalue weighted by molar-refractivity contribution is -0.0705. The molecule has 22 heavy (non-hydrogen) atoms. The first kappa shape index (κ1) is 18.9. The summed E-state index contributed by atoms with van der Waals surface area (Å²) in [5.41, 5.74) is 2.79. The summed E-state index contributed by atoms with van der Waals surface area (Å²) >= 11 is 0. The molecule has 0 saturated heterocycles. The van der Waals surface area contributed by atoms with Crippen LogP contribution in [0.5, 0.6) is 0 Å². The molecule has 0 saturated carbocycles. The molecule has 0 aliphatic carbocycles. The van der Waals surface area contributed by atoms with E-state index in [1.165, 1.54) is 16.7 Å². The molecule has 0 aliphatic heterocycles. The Morgan fingerprint density at radius 3 is 2.32 bits per heavy atom. The van der Waals surface area contributed by atoms with Crippen LogP contribution >= 0.6 is 0 Å². The van der Waals surface area contributed by atoms with Gasteiger partial charge < -0.3 is 10.2 Å². The lowest BCUT2D eigenvalue weighted by Crippen LogP contribution is -2.39. The van der Waals surface area contributed by atoms with Gasteiger partial charge in [0, 0.05) is 0 Å². The van der Waals surface area contributed by atoms with Crippen molar-refractivity contribution >= 4 is 0 Å². The van der Waals surface area contributed by atoms with Crippen molar-refractivity contribution in [3.05, 3.63) is 47.0 Å². The highest BCUT2D eigenvalue weighted by atomic mass is 16.3. The topological polar surface area (TPSA) is 40.5 Å². The summed E-state index contributed by atoms with van der Waals surface area (Å²) in [7, 11) is 0. The molecule has 0 unspecified atom stereocenters. The number of hydrogen-bond acceptors (Lipinski definition) is 2. The molecule has 2 N–H and O–H groups in total. The van der Waals surface area contributed by atoms with Crippen molar-refractivity contribution < 1.29 is 10.2 Å². The first-order valence-corrected chi connectivity index (χ1v) is 8.32. The summed E-state index contributed by atoms with van der Waals surface area (Å²) in [6.07, 6.45) is 4.33. The Morgan fingerprint density at radius 1 is 1.18 bits per heavy atom. The molecule has 0 fully saturated rings. The quantitative estimate of drug-likeness (QED) is 0.681. The second-order valence-electron chi connectivity index (χ2n) is 7.08. The van der Waals surface area contributed by atoms with Crippen LogP contribution in [0.2, 0.25) is 0 Å². The van der Waals surface area contributed by atoms with Crippen LogP contribution in [0.15, 0.2) is 35.9 Å². The zero-order valence-electron chi connectivity index (χ0n) is 14.8. The van der Waals surface area contributed by atoms with Crippen molar-refractivity contribution in [2.45, 2.75) is 77.9 Å². The highest BCUT2D eigenvalue weighted by Crippen LogP contribution is 2.26. The summed E-state index contributed by atoms with van der Waals surface area (Å²) in [5, 5.41) is 20.7. The predicted molar refractivity (Wildman–Crippen MR) is 94.1 cm³/mol. The molecule has 0 amide bonds. The fourth-order valence-corrected chi connectivity index (χ4v) is 2.60. The molecule has 0 radical (unpaired) electrons.